The van der Waals surface area contributed by atoms with Crippen molar-refractivity contribution >= 4 is 41.3 Å². The first kappa shape index (κ1) is 20.8. The summed E-state index contributed by atoms with van der Waals surface area (Å²) in [6.07, 6.45) is 0. The highest BCUT2D eigenvalue weighted by molar-refractivity contribution is 14.0. The molecule has 0 bridgehead atoms. The summed E-state index contributed by atoms with van der Waals surface area (Å²) in [5.41, 5.74) is 0.244. The Kier molecular flexibility index (Phi) is 9.20. The Morgan fingerprint density at radius 3 is 2.71 bits per heavy atom. The van der Waals surface area contributed by atoms with Gasteiger partial charge in [-0.25, -0.2) is 13.8 Å². The van der Waals surface area contributed by atoms with Crippen molar-refractivity contribution in [2.24, 2.45) is 4.99 Å². The molecule has 1 atom stereocenters. The second kappa shape index (κ2) is 10.6. The lowest BCUT2D eigenvalue weighted by molar-refractivity contribution is 0.585. The summed E-state index contributed by atoms with van der Waals surface area (Å²) < 4.78 is 26.8. The zero-order valence-corrected chi connectivity index (χ0v) is 16.8. The number of benzene rings is 1. The van der Waals surface area contributed by atoms with Gasteiger partial charge >= 0.3 is 0 Å². The normalized spacial score (nSPS) is 12.4. The van der Waals surface area contributed by atoms with E-state index in [1.165, 1.54) is 10.9 Å². The molecule has 1 unspecified atom stereocenters. The Balaban J connectivity index is 0.00000288. The number of guanidine groups is 1. The van der Waals surface area contributed by atoms with Crippen LogP contribution in [-0.4, -0.2) is 19.0 Å². The zero-order chi connectivity index (χ0) is 16.7. The van der Waals surface area contributed by atoms with E-state index in [1.807, 2.05) is 13.0 Å². The Labute approximate surface area is 162 Å². The first-order valence-electron chi connectivity index (χ1n) is 7.59. The summed E-state index contributed by atoms with van der Waals surface area (Å²) in [4.78, 5) is 5.63. The maximum Gasteiger partial charge on any atom is 0.191 e. The van der Waals surface area contributed by atoms with E-state index in [2.05, 4.69) is 34.0 Å². The van der Waals surface area contributed by atoms with Gasteiger partial charge in [-0.2, -0.15) is 0 Å². The molecule has 0 saturated carbocycles. The Morgan fingerprint density at radius 2 is 2.04 bits per heavy atom. The number of rotatable bonds is 6. The minimum absolute atomic E-state index is 0. The van der Waals surface area contributed by atoms with Gasteiger partial charge in [0.25, 0.3) is 0 Å². The van der Waals surface area contributed by atoms with Crippen LogP contribution in [0.5, 0.6) is 0 Å². The molecule has 0 spiro atoms. The molecule has 24 heavy (non-hydrogen) atoms. The molecule has 2 N–H and O–H groups in total. The third-order valence-corrected chi connectivity index (χ3v) is 4.47. The van der Waals surface area contributed by atoms with Gasteiger partial charge in [-0.05, 0) is 36.6 Å². The number of halogens is 3. The quantitative estimate of drug-likeness (QED) is 0.375. The molecule has 1 heterocycles. The second-order valence-corrected chi connectivity index (χ2v) is 6.21. The number of nitrogens with one attached hydrogen (secondary N) is 2. The van der Waals surface area contributed by atoms with Gasteiger partial charge < -0.3 is 10.6 Å². The predicted octanol–water partition coefficient (Wildman–Crippen LogP) is 4.50. The first-order chi connectivity index (χ1) is 11.1. The van der Waals surface area contributed by atoms with E-state index in [0.29, 0.717) is 18.4 Å². The molecule has 0 fully saturated rings. The molecule has 7 heteroatoms. The zero-order valence-electron chi connectivity index (χ0n) is 13.7. The summed E-state index contributed by atoms with van der Waals surface area (Å²) in [7, 11) is 0. The molecule has 0 amide bonds. The molecule has 0 saturated heterocycles. The van der Waals surface area contributed by atoms with Crippen LogP contribution >= 0.6 is 35.3 Å². The second-order valence-electron chi connectivity index (χ2n) is 5.23. The van der Waals surface area contributed by atoms with Crippen molar-refractivity contribution in [1.82, 2.24) is 10.6 Å². The number of hydrogen-bond donors (Lipinski definition) is 2. The van der Waals surface area contributed by atoms with Crippen LogP contribution in [0.3, 0.4) is 0 Å². The predicted molar refractivity (Wildman–Crippen MR) is 107 cm³/mol. The summed E-state index contributed by atoms with van der Waals surface area (Å²) in [5.74, 6) is 0.0446. The molecule has 0 aliphatic carbocycles. The highest BCUT2D eigenvalue weighted by atomic mass is 127. The lowest BCUT2D eigenvalue weighted by Gasteiger charge is -2.15. The molecule has 0 radical (unpaired) electrons. The molecule has 3 nitrogen and oxygen atoms in total. The Bertz CT molecular complexity index is 647. The average Bonchev–Trinajstić information content (AvgIpc) is 3.07. The summed E-state index contributed by atoms with van der Waals surface area (Å²) in [6, 6.07) is 7.54. The maximum atomic E-state index is 13.6. The third kappa shape index (κ3) is 6.35. The molecular formula is C17H22F2IN3S. The van der Waals surface area contributed by atoms with Crippen molar-refractivity contribution in [3.05, 3.63) is 57.8 Å². The van der Waals surface area contributed by atoms with Crippen molar-refractivity contribution in [3.8, 4) is 0 Å². The molecule has 1 aromatic carbocycles. The lowest BCUT2D eigenvalue weighted by Crippen LogP contribution is -2.39. The monoisotopic (exact) mass is 465 g/mol. The summed E-state index contributed by atoms with van der Waals surface area (Å²) in [6.45, 7) is 5.60. The number of hydrogen-bond acceptors (Lipinski definition) is 2. The van der Waals surface area contributed by atoms with Crippen molar-refractivity contribution in [1.29, 1.82) is 0 Å². The highest BCUT2D eigenvalue weighted by Crippen LogP contribution is 2.19. The standard InChI is InChI=1S/C17H21F2N3S.HI/c1-3-20-17(21-10-12(2)16-5-4-8-23-16)22-11-13-9-14(18)6-7-15(13)19;/h4-9,12H,3,10-11H2,1-2H3,(H2,20,21,22);1H. The topological polar surface area (TPSA) is 36.4 Å². The van der Waals surface area contributed by atoms with E-state index in [-0.39, 0.29) is 36.1 Å². The first-order valence-corrected chi connectivity index (χ1v) is 8.47. The van der Waals surface area contributed by atoms with Gasteiger partial charge in [0, 0.05) is 29.4 Å². The summed E-state index contributed by atoms with van der Waals surface area (Å²) >= 11 is 1.72. The van der Waals surface area contributed by atoms with Gasteiger partial charge in [0.2, 0.25) is 0 Å². The van der Waals surface area contributed by atoms with Gasteiger partial charge in [-0.1, -0.05) is 13.0 Å². The minimum atomic E-state index is -0.458. The highest BCUT2D eigenvalue weighted by Gasteiger charge is 2.08. The Morgan fingerprint density at radius 1 is 1.25 bits per heavy atom. The van der Waals surface area contributed by atoms with E-state index in [9.17, 15) is 8.78 Å². The molecule has 0 aliphatic heterocycles. The van der Waals surface area contributed by atoms with Gasteiger partial charge in [-0.3, -0.25) is 0 Å². The van der Waals surface area contributed by atoms with E-state index in [4.69, 9.17) is 0 Å². The smallest absolute Gasteiger partial charge is 0.191 e. The van der Waals surface area contributed by atoms with Crippen molar-refractivity contribution < 1.29 is 8.78 Å². The van der Waals surface area contributed by atoms with Gasteiger partial charge in [0.1, 0.15) is 11.6 Å². The number of aliphatic imine (C=N–C) groups is 1. The minimum Gasteiger partial charge on any atom is -0.357 e. The van der Waals surface area contributed by atoms with Crippen LogP contribution in [-0.2, 0) is 6.54 Å². The van der Waals surface area contributed by atoms with Gasteiger partial charge in [-0.15, -0.1) is 35.3 Å². The molecule has 2 rings (SSSR count). The fourth-order valence-electron chi connectivity index (χ4n) is 2.09. The van der Waals surface area contributed by atoms with Crippen LogP contribution in [0.4, 0.5) is 8.78 Å². The fraction of sp³-hybridized carbons (Fsp3) is 0.353. The molecule has 0 aliphatic rings. The SMILES string of the molecule is CCNC(=NCc1cc(F)ccc1F)NCC(C)c1cccs1.I. The van der Waals surface area contributed by atoms with Gasteiger partial charge in [0.05, 0.1) is 6.54 Å². The van der Waals surface area contributed by atoms with Crippen molar-refractivity contribution in [2.75, 3.05) is 13.1 Å². The lowest BCUT2D eigenvalue weighted by atomic mass is 10.1. The molecular weight excluding hydrogens is 443 g/mol. The number of thiophene rings is 1. The van der Waals surface area contributed by atoms with Crippen LogP contribution < -0.4 is 10.6 Å². The van der Waals surface area contributed by atoms with E-state index < -0.39 is 11.6 Å². The van der Waals surface area contributed by atoms with Gasteiger partial charge in [0.15, 0.2) is 5.96 Å². The van der Waals surface area contributed by atoms with Crippen LogP contribution in [0.1, 0.15) is 30.2 Å². The summed E-state index contributed by atoms with van der Waals surface area (Å²) in [5, 5.41) is 8.41. The van der Waals surface area contributed by atoms with Crippen LogP contribution in [0.25, 0.3) is 0 Å². The van der Waals surface area contributed by atoms with E-state index in [1.54, 1.807) is 11.3 Å². The largest absolute Gasteiger partial charge is 0.357 e. The molecule has 2 aromatic rings. The fourth-order valence-corrected chi connectivity index (χ4v) is 2.88. The third-order valence-electron chi connectivity index (χ3n) is 3.36. The average molecular weight is 465 g/mol. The van der Waals surface area contributed by atoms with Crippen molar-refractivity contribution in [3.63, 3.8) is 0 Å². The molecule has 132 valence electrons. The number of nitrogens with zero attached hydrogens (tertiary/aromatic N) is 1. The maximum absolute atomic E-state index is 13.6. The van der Waals surface area contributed by atoms with Crippen LogP contribution in [0.2, 0.25) is 0 Å². The van der Waals surface area contributed by atoms with Crippen molar-refractivity contribution in [2.45, 2.75) is 26.3 Å². The Hall–Kier alpha value is -1.22. The van der Waals surface area contributed by atoms with E-state index in [0.717, 1.165) is 18.7 Å². The van der Waals surface area contributed by atoms with Crippen LogP contribution in [0, 0.1) is 11.6 Å². The molecule has 1 aromatic heterocycles. The van der Waals surface area contributed by atoms with Crippen LogP contribution in [0.15, 0.2) is 40.7 Å². The van der Waals surface area contributed by atoms with E-state index >= 15 is 0 Å².